The Balaban J connectivity index is 1.67. The van der Waals surface area contributed by atoms with Crippen molar-refractivity contribution in [3.63, 3.8) is 0 Å². The van der Waals surface area contributed by atoms with Crippen molar-refractivity contribution in [2.75, 3.05) is 14.2 Å². The number of likely N-dealkylation sites (N-methyl/N-ethyl adjacent to an activating group) is 1. The second kappa shape index (κ2) is 8.80. The van der Waals surface area contributed by atoms with Gasteiger partial charge in [0.25, 0.3) is 5.91 Å². The van der Waals surface area contributed by atoms with Gasteiger partial charge in [0.2, 0.25) is 0 Å². The molecule has 0 spiro atoms. The summed E-state index contributed by atoms with van der Waals surface area (Å²) in [7, 11) is 2.93. The number of hydrogen-bond acceptors (Lipinski definition) is 6. The van der Waals surface area contributed by atoms with Crippen molar-refractivity contribution in [1.29, 1.82) is 0 Å². The number of carbonyl (C=O) groups excluding carboxylic acids is 2. The Morgan fingerprint density at radius 3 is 2.48 bits per heavy atom. The Bertz CT molecular complexity index is 1080. The number of nitrogens with zero attached hydrogens (tertiary/aromatic N) is 2. The standard InChI is InChI=1S/C24H25F2N3O4/c1-29-21(31)24(28-23(29)27,17-6-8-19(9-7-17)33-22(25)26)18-5-3-4-15(13-18)16-10-14(11-16)12-20(30)32-2/h3-9,13-14,16,22H,10-12H2,1-2H3,(H2,27,28). The topological polar surface area (TPSA) is 94.2 Å². The highest BCUT2D eigenvalue weighted by molar-refractivity contribution is 6.08. The number of alkyl halides is 2. The van der Waals surface area contributed by atoms with Gasteiger partial charge in [-0.1, -0.05) is 36.4 Å². The Kier molecular flexibility index (Phi) is 6.05. The van der Waals surface area contributed by atoms with Crippen LogP contribution in [0.25, 0.3) is 0 Å². The summed E-state index contributed by atoms with van der Waals surface area (Å²) in [4.78, 5) is 30.8. The van der Waals surface area contributed by atoms with Crippen LogP contribution in [0.15, 0.2) is 53.5 Å². The molecular formula is C24H25F2N3O4. The molecule has 7 nitrogen and oxygen atoms in total. The highest BCUT2D eigenvalue weighted by atomic mass is 19.3. The molecule has 1 unspecified atom stereocenters. The zero-order chi connectivity index (χ0) is 23.8. The van der Waals surface area contributed by atoms with E-state index in [0.717, 1.165) is 18.4 Å². The van der Waals surface area contributed by atoms with Gasteiger partial charge in [0.1, 0.15) is 5.75 Å². The third-order valence-corrected chi connectivity index (χ3v) is 6.43. The van der Waals surface area contributed by atoms with Crippen LogP contribution in [-0.2, 0) is 19.9 Å². The monoisotopic (exact) mass is 457 g/mol. The molecule has 2 aliphatic rings. The highest BCUT2D eigenvalue weighted by Gasteiger charge is 2.49. The van der Waals surface area contributed by atoms with Crippen LogP contribution >= 0.6 is 0 Å². The minimum atomic E-state index is -2.94. The highest BCUT2D eigenvalue weighted by Crippen LogP contribution is 2.46. The van der Waals surface area contributed by atoms with Gasteiger partial charge >= 0.3 is 12.6 Å². The minimum Gasteiger partial charge on any atom is -0.469 e. The van der Waals surface area contributed by atoms with Gasteiger partial charge in [-0.2, -0.15) is 8.78 Å². The van der Waals surface area contributed by atoms with E-state index in [1.807, 2.05) is 24.3 Å². The van der Waals surface area contributed by atoms with E-state index >= 15 is 0 Å². The van der Waals surface area contributed by atoms with Crippen LogP contribution < -0.4 is 10.5 Å². The lowest BCUT2D eigenvalue weighted by Gasteiger charge is -2.36. The summed E-state index contributed by atoms with van der Waals surface area (Å²) in [5, 5.41) is 0. The first-order valence-electron chi connectivity index (χ1n) is 10.6. The van der Waals surface area contributed by atoms with Gasteiger partial charge in [-0.15, -0.1) is 0 Å². The smallest absolute Gasteiger partial charge is 0.387 e. The van der Waals surface area contributed by atoms with E-state index in [1.165, 1.54) is 24.1 Å². The normalized spacial score (nSPS) is 24.5. The molecule has 2 N–H and O–H groups in total. The fourth-order valence-electron chi connectivity index (χ4n) is 4.57. The van der Waals surface area contributed by atoms with Crippen LogP contribution in [0.5, 0.6) is 5.75 Å². The predicted octanol–water partition coefficient (Wildman–Crippen LogP) is 3.38. The summed E-state index contributed by atoms with van der Waals surface area (Å²) in [5.41, 5.74) is 6.77. The van der Waals surface area contributed by atoms with Gasteiger partial charge < -0.3 is 15.2 Å². The predicted molar refractivity (Wildman–Crippen MR) is 117 cm³/mol. The van der Waals surface area contributed by atoms with Crippen LogP contribution in [0, 0.1) is 5.92 Å². The summed E-state index contributed by atoms with van der Waals surface area (Å²) in [6.45, 7) is -2.94. The van der Waals surface area contributed by atoms with Gasteiger partial charge in [0.05, 0.1) is 7.11 Å². The maximum atomic E-state index is 13.4. The SMILES string of the molecule is COC(=O)CC1CC(c2cccc(C3(c4ccc(OC(F)F)cc4)N=C(N)N(C)C3=O)c2)C1. The first-order chi connectivity index (χ1) is 15.7. The third kappa shape index (κ3) is 4.15. The molecule has 1 aliphatic heterocycles. The third-order valence-electron chi connectivity index (χ3n) is 6.43. The van der Waals surface area contributed by atoms with Crippen LogP contribution in [0.4, 0.5) is 8.78 Å². The van der Waals surface area contributed by atoms with E-state index in [1.54, 1.807) is 19.2 Å². The Morgan fingerprint density at radius 2 is 1.91 bits per heavy atom. The number of methoxy groups -OCH3 is 1. The maximum Gasteiger partial charge on any atom is 0.387 e. The zero-order valence-corrected chi connectivity index (χ0v) is 18.3. The number of carbonyl (C=O) groups is 2. The molecule has 0 saturated heterocycles. The van der Waals surface area contributed by atoms with Gasteiger partial charge in [-0.3, -0.25) is 14.5 Å². The second-order valence-electron chi connectivity index (χ2n) is 8.39. The molecule has 1 atom stereocenters. The Hall–Kier alpha value is -3.49. The summed E-state index contributed by atoms with van der Waals surface area (Å²) < 4.78 is 34.3. The minimum absolute atomic E-state index is 0.0143. The van der Waals surface area contributed by atoms with Gasteiger partial charge in [0.15, 0.2) is 11.5 Å². The van der Waals surface area contributed by atoms with Crippen molar-refractivity contribution >= 4 is 17.8 Å². The molecule has 1 saturated carbocycles. The number of esters is 1. The van der Waals surface area contributed by atoms with Crippen LogP contribution in [0.1, 0.15) is 41.9 Å². The number of aliphatic imine (C=N–C) groups is 1. The number of hydrogen-bond donors (Lipinski definition) is 1. The van der Waals surface area contributed by atoms with Crippen LogP contribution in [0.2, 0.25) is 0 Å². The van der Waals surface area contributed by atoms with Crippen molar-refractivity contribution < 1.29 is 27.8 Å². The molecule has 0 aromatic heterocycles. The average Bonchev–Trinajstić information content (AvgIpc) is 3.00. The van der Waals surface area contributed by atoms with Crippen molar-refractivity contribution in [3.8, 4) is 5.75 Å². The molecule has 1 fully saturated rings. The lowest BCUT2D eigenvalue weighted by molar-refractivity contribution is -0.142. The summed E-state index contributed by atoms with van der Waals surface area (Å²) >= 11 is 0. The lowest BCUT2D eigenvalue weighted by atomic mass is 9.69. The molecule has 1 aliphatic carbocycles. The molecule has 4 rings (SSSR count). The van der Waals surface area contributed by atoms with E-state index in [9.17, 15) is 18.4 Å². The number of benzene rings is 2. The number of rotatable bonds is 7. The molecule has 0 bridgehead atoms. The Labute approximate surface area is 190 Å². The van der Waals surface area contributed by atoms with Crippen LogP contribution in [0.3, 0.4) is 0 Å². The lowest BCUT2D eigenvalue weighted by Crippen LogP contribution is -2.41. The van der Waals surface area contributed by atoms with E-state index < -0.39 is 12.2 Å². The maximum absolute atomic E-state index is 13.4. The largest absolute Gasteiger partial charge is 0.469 e. The molecule has 0 radical (unpaired) electrons. The fraction of sp³-hybridized carbons (Fsp3) is 0.375. The number of halogens is 2. The summed E-state index contributed by atoms with van der Waals surface area (Å²) in [5.74, 6) is 0.0377. The first-order valence-corrected chi connectivity index (χ1v) is 10.6. The van der Waals surface area contributed by atoms with E-state index in [4.69, 9.17) is 10.5 Å². The average molecular weight is 457 g/mol. The molecule has 174 valence electrons. The number of amides is 1. The molecular weight excluding hydrogens is 432 g/mol. The summed E-state index contributed by atoms with van der Waals surface area (Å²) in [6.07, 6.45) is 2.10. The summed E-state index contributed by atoms with van der Waals surface area (Å²) in [6, 6.07) is 13.5. The Morgan fingerprint density at radius 1 is 1.21 bits per heavy atom. The molecule has 33 heavy (non-hydrogen) atoms. The molecule has 2 aromatic rings. The molecule has 1 amide bonds. The van der Waals surface area contributed by atoms with E-state index in [-0.39, 0.29) is 35.4 Å². The van der Waals surface area contributed by atoms with Crippen molar-refractivity contribution in [3.05, 3.63) is 65.2 Å². The second-order valence-corrected chi connectivity index (χ2v) is 8.39. The number of nitrogens with two attached hydrogens (primary N) is 1. The number of ether oxygens (including phenoxy) is 2. The molecule has 9 heteroatoms. The van der Waals surface area contributed by atoms with Crippen LogP contribution in [-0.4, -0.2) is 43.5 Å². The van der Waals surface area contributed by atoms with Gasteiger partial charge in [-0.25, -0.2) is 4.99 Å². The van der Waals surface area contributed by atoms with Gasteiger partial charge in [0, 0.05) is 13.5 Å². The molecule has 2 aromatic carbocycles. The first kappa shape index (κ1) is 22.7. The van der Waals surface area contributed by atoms with Gasteiger partial charge in [-0.05, 0) is 53.5 Å². The van der Waals surface area contributed by atoms with Crippen molar-refractivity contribution in [2.24, 2.45) is 16.6 Å². The quantitative estimate of drug-likeness (QED) is 0.644. The fourth-order valence-corrected chi connectivity index (χ4v) is 4.57. The molecule has 1 heterocycles. The number of guanidine groups is 1. The van der Waals surface area contributed by atoms with Crippen molar-refractivity contribution in [1.82, 2.24) is 4.90 Å². The van der Waals surface area contributed by atoms with E-state index in [0.29, 0.717) is 17.5 Å². The van der Waals surface area contributed by atoms with E-state index in [2.05, 4.69) is 9.73 Å². The zero-order valence-electron chi connectivity index (χ0n) is 18.3. The van der Waals surface area contributed by atoms with Crippen molar-refractivity contribution in [2.45, 2.75) is 37.3 Å².